The molecule has 0 saturated heterocycles. The minimum atomic E-state index is 0.103. The van der Waals surface area contributed by atoms with Crippen molar-refractivity contribution in [3.8, 4) is 0 Å². The maximum atomic E-state index is 9.32. The maximum Gasteiger partial charge on any atom is 0.112 e. The van der Waals surface area contributed by atoms with Gasteiger partial charge in [0.25, 0.3) is 0 Å². The first-order valence-electron chi connectivity index (χ1n) is 7.80. The standard InChI is InChI=1S/C17H22Cl2N2OS/c1-4-6-21-15(5-7-22)20-16(11(2)3)17(21)23-14-9-12(18)8-13(19)10-14/h8-11,22H,4-7H2,1-3H3. The number of aromatic nitrogens is 2. The van der Waals surface area contributed by atoms with E-state index in [1.807, 2.05) is 12.1 Å². The third-order valence-corrected chi connectivity index (χ3v) is 4.94. The number of aliphatic hydroxyl groups excluding tert-OH is 1. The van der Waals surface area contributed by atoms with Crippen LogP contribution in [0.4, 0.5) is 0 Å². The summed E-state index contributed by atoms with van der Waals surface area (Å²) < 4.78 is 2.21. The van der Waals surface area contributed by atoms with E-state index >= 15 is 0 Å². The predicted octanol–water partition coefficient (Wildman–Crippen LogP) is 5.41. The molecule has 23 heavy (non-hydrogen) atoms. The molecule has 6 heteroatoms. The number of hydrogen-bond acceptors (Lipinski definition) is 3. The number of benzene rings is 1. The highest BCUT2D eigenvalue weighted by Crippen LogP contribution is 2.37. The largest absolute Gasteiger partial charge is 0.396 e. The van der Waals surface area contributed by atoms with Gasteiger partial charge in [0, 0.05) is 27.9 Å². The average molecular weight is 373 g/mol. The van der Waals surface area contributed by atoms with Gasteiger partial charge < -0.3 is 9.67 Å². The van der Waals surface area contributed by atoms with E-state index in [0.29, 0.717) is 22.4 Å². The van der Waals surface area contributed by atoms with Gasteiger partial charge in [-0.05, 0) is 30.5 Å². The summed E-state index contributed by atoms with van der Waals surface area (Å²) in [6, 6.07) is 5.56. The molecule has 2 rings (SSSR count). The van der Waals surface area contributed by atoms with Gasteiger partial charge in [-0.15, -0.1) is 0 Å². The predicted molar refractivity (Wildman–Crippen MR) is 98.0 cm³/mol. The zero-order chi connectivity index (χ0) is 17.0. The molecule has 0 fully saturated rings. The highest BCUT2D eigenvalue weighted by molar-refractivity contribution is 7.99. The SMILES string of the molecule is CCCn1c(CCO)nc(C(C)C)c1Sc1cc(Cl)cc(Cl)c1. The van der Waals surface area contributed by atoms with Crippen LogP contribution in [0.15, 0.2) is 28.1 Å². The number of rotatable bonds is 7. The van der Waals surface area contributed by atoms with Gasteiger partial charge in [-0.1, -0.05) is 55.7 Å². The zero-order valence-corrected chi connectivity index (χ0v) is 16.0. The number of halogens is 2. The smallest absolute Gasteiger partial charge is 0.112 e. The Morgan fingerprint density at radius 2 is 1.87 bits per heavy atom. The van der Waals surface area contributed by atoms with Crippen LogP contribution in [0.25, 0.3) is 0 Å². The molecular weight excluding hydrogens is 351 g/mol. The summed E-state index contributed by atoms with van der Waals surface area (Å²) >= 11 is 13.9. The molecule has 0 aliphatic carbocycles. The fourth-order valence-corrected chi connectivity index (χ4v) is 4.37. The normalized spacial score (nSPS) is 11.4. The summed E-state index contributed by atoms with van der Waals surface area (Å²) in [6.07, 6.45) is 1.58. The van der Waals surface area contributed by atoms with E-state index in [0.717, 1.165) is 34.4 Å². The Bertz CT molecular complexity index is 651. The van der Waals surface area contributed by atoms with Crippen LogP contribution >= 0.6 is 35.0 Å². The molecule has 0 saturated carbocycles. The van der Waals surface area contributed by atoms with Crippen LogP contribution in [0.1, 0.15) is 44.6 Å². The van der Waals surface area contributed by atoms with Gasteiger partial charge in [-0.25, -0.2) is 4.98 Å². The van der Waals surface area contributed by atoms with Crippen molar-refractivity contribution >= 4 is 35.0 Å². The van der Waals surface area contributed by atoms with Gasteiger partial charge >= 0.3 is 0 Å². The van der Waals surface area contributed by atoms with Crippen molar-refractivity contribution in [2.24, 2.45) is 0 Å². The van der Waals surface area contributed by atoms with Gasteiger partial charge in [0.1, 0.15) is 10.9 Å². The highest BCUT2D eigenvalue weighted by atomic mass is 35.5. The van der Waals surface area contributed by atoms with Crippen LogP contribution < -0.4 is 0 Å². The second-order valence-electron chi connectivity index (χ2n) is 5.71. The molecule has 0 radical (unpaired) electrons. The van der Waals surface area contributed by atoms with Crippen molar-refractivity contribution < 1.29 is 5.11 Å². The van der Waals surface area contributed by atoms with E-state index in [1.54, 1.807) is 17.8 Å². The molecule has 0 atom stereocenters. The van der Waals surface area contributed by atoms with E-state index < -0.39 is 0 Å². The van der Waals surface area contributed by atoms with E-state index in [2.05, 4.69) is 25.3 Å². The summed E-state index contributed by atoms with van der Waals surface area (Å²) in [5, 5.41) is 11.7. The Morgan fingerprint density at radius 1 is 1.22 bits per heavy atom. The second kappa shape index (κ2) is 8.43. The third-order valence-electron chi connectivity index (χ3n) is 3.41. The number of aliphatic hydroxyl groups is 1. The second-order valence-corrected chi connectivity index (χ2v) is 7.64. The lowest BCUT2D eigenvalue weighted by Gasteiger charge is -2.12. The Kier molecular flexibility index (Phi) is 6.84. The minimum absolute atomic E-state index is 0.103. The number of hydrogen-bond donors (Lipinski definition) is 1. The molecule has 0 unspecified atom stereocenters. The number of nitrogens with zero attached hydrogens (tertiary/aromatic N) is 2. The fourth-order valence-electron chi connectivity index (χ4n) is 2.43. The molecule has 1 N–H and O–H groups in total. The van der Waals surface area contributed by atoms with E-state index in [1.165, 1.54) is 0 Å². The first-order chi connectivity index (χ1) is 11.0. The molecule has 1 aromatic carbocycles. The summed E-state index contributed by atoms with van der Waals surface area (Å²) in [5.74, 6) is 1.25. The fraction of sp³-hybridized carbons (Fsp3) is 0.471. The molecule has 0 amide bonds. The molecule has 3 nitrogen and oxygen atoms in total. The van der Waals surface area contributed by atoms with Crippen molar-refractivity contribution in [3.63, 3.8) is 0 Å². The Balaban J connectivity index is 2.48. The maximum absolute atomic E-state index is 9.32. The van der Waals surface area contributed by atoms with Crippen molar-refractivity contribution in [2.45, 2.75) is 56.0 Å². The Labute approximate surface area is 152 Å². The molecule has 1 aromatic heterocycles. The zero-order valence-electron chi connectivity index (χ0n) is 13.6. The molecule has 0 aliphatic rings. The molecule has 0 spiro atoms. The van der Waals surface area contributed by atoms with Crippen molar-refractivity contribution in [1.29, 1.82) is 0 Å². The summed E-state index contributed by atoms with van der Waals surface area (Å²) in [7, 11) is 0. The van der Waals surface area contributed by atoms with Crippen molar-refractivity contribution in [3.05, 3.63) is 39.8 Å². The minimum Gasteiger partial charge on any atom is -0.396 e. The molecule has 1 heterocycles. The van der Waals surface area contributed by atoms with Gasteiger partial charge in [0.2, 0.25) is 0 Å². The lowest BCUT2D eigenvalue weighted by Crippen LogP contribution is -2.06. The molecule has 126 valence electrons. The van der Waals surface area contributed by atoms with Gasteiger partial charge in [-0.2, -0.15) is 0 Å². The quantitative estimate of drug-likeness (QED) is 0.705. The highest BCUT2D eigenvalue weighted by Gasteiger charge is 2.20. The lowest BCUT2D eigenvalue weighted by molar-refractivity contribution is 0.294. The Hall–Kier alpha value is -0.680. The molecule has 2 aromatic rings. The molecular formula is C17H22Cl2N2OS. The van der Waals surface area contributed by atoms with Crippen LogP contribution in [-0.4, -0.2) is 21.3 Å². The monoisotopic (exact) mass is 372 g/mol. The first-order valence-corrected chi connectivity index (χ1v) is 9.37. The van der Waals surface area contributed by atoms with Crippen LogP contribution in [0.5, 0.6) is 0 Å². The number of imidazole rings is 1. The lowest BCUT2D eigenvalue weighted by atomic mass is 10.1. The van der Waals surface area contributed by atoms with Gasteiger partial charge in [-0.3, -0.25) is 0 Å². The van der Waals surface area contributed by atoms with E-state index in [4.69, 9.17) is 28.2 Å². The van der Waals surface area contributed by atoms with Crippen LogP contribution in [0, 0.1) is 0 Å². The van der Waals surface area contributed by atoms with Crippen LogP contribution in [-0.2, 0) is 13.0 Å². The topological polar surface area (TPSA) is 38.0 Å². The third kappa shape index (κ3) is 4.66. The summed E-state index contributed by atoms with van der Waals surface area (Å²) in [5.41, 5.74) is 1.06. The average Bonchev–Trinajstić information content (AvgIpc) is 2.77. The van der Waals surface area contributed by atoms with Gasteiger partial charge in [0.15, 0.2) is 0 Å². The van der Waals surface area contributed by atoms with Crippen molar-refractivity contribution in [2.75, 3.05) is 6.61 Å². The first kappa shape index (κ1) is 18.7. The Morgan fingerprint density at radius 3 is 2.39 bits per heavy atom. The summed E-state index contributed by atoms with van der Waals surface area (Å²) in [4.78, 5) is 5.77. The summed E-state index contributed by atoms with van der Waals surface area (Å²) in [6.45, 7) is 7.40. The van der Waals surface area contributed by atoms with Crippen molar-refractivity contribution in [1.82, 2.24) is 9.55 Å². The van der Waals surface area contributed by atoms with Crippen LogP contribution in [0.2, 0.25) is 10.0 Å². The van der Waals surface area contributed by atoms with E-state index in [9.17, 15) is 5.11 Å². The van der Waals surface area contributed by atoms with Gasteiger partial charge in [0.05, 0.1) is 12.3 Å². The molecule has 0 bridgehead atoms. The molecule has 0 aliphatic heterocycles. The van der Waals surface area contributed by atoms with Crippen LogP contribution in [0.3, 0.4) is 0 Å². The van der Waals surface area contributed by atoms with E-state index in [-0.39, 0.29) is 6.61 Å².